The molecule has 0 unspecified atom stereocenters. The molecule has 1 amide bonds. The van der Waals surface area contributed by atoms with Gasteiger partial charge in [0.15, 0.2) is 0 Å². The number of nitrogens with one attached hydrogen (secondary N) is 1. The zero-order chi connectivity index (χ0) is 12.3. The predicted molar refractivity (Wildman–Crippen MR) is 58.8 cm³/mol. The molecule has 0 bridgehead atoms. The Hall–Kier alpha value is -2.17. The molecule has 1 N–H and O–H groups in total. The first kappa shape index (κ1) is 11.3. The Morgan fingerprint density at radius 1 is 1.47 bits per heavy atom. The second kappa shape index (κ2) is 4.78. The van der Waals surface area contributed by atoms with E-state index >= 15 is 0 Å². The van der Waals surface area contributed by atoms with E-state index in [2.05, 4.69) is 15.0 Å². The molecule has 2 aromatic rings. The van der Waals surface area contributed by atoms with Crippen LogP contribution in [0.2, 0.25) is 0 Å². The van der Waals surface area contributed by atoms with Crippen molar-refractivity contribution in [3.8, 4) is 0 Å². The number of halogens is 1. The van der Waals surface area contributed by atoms with Crippen molar-refractivity contribution in [2.24, 2.45) is 0 Å². The standard InChI is InChI=1S/C12H11FN2O2/c1-8-6-9(2-3-11(8)13)12(16)14-7-10-4-5-17-15-10/h2-6H,7H2,1H3,(H,14,16). The minimum atomic E-state index is -0.321. The Morgan fingerprint density at radius 3 is 2.94 bits per heavy atom. The molecule has 1 aromatic carbocycles. The van der Waals surface area contributed by atoms with Crippen molar-refractivity contribution in [3.05, 3.63) is 53.2 Å². The molecule has 0 aliphatic heterocycles. The number of amides is 1. The van der Waals surface area contributed by atoms with Gasteiger partial charge in [-0.15, -0.1) is 0 Å². The first-order valence-corrected chi connectivity index (χ1v) is 5.10. The molecule has 17 heavy (non-hydrogen) atoms. The summed E-state index contributed by atoms with van der Waals surface area (Å²) < 4.78 is 17.7. The molecule has 0 atom stereocenters. The van der Waals surface area contributed by atoms with Crippen LogP contribution in [0.5, 0.6) is 0 Å². The van der Waals surface area contributed by atoms with Gasteiger partial charge in [-0.05, 0) is 30.7 Å². The molecule has 0 saturated heterocycles. The number of rotatable bonds is 3. The summed E-state index contributed by atoms with van der Waals surface area (Å²) in [5.74, 6) is -0.589. The topological polar surface area (TPSA) is 55.1 Å². The van der Waals surface area contributed by atoms with E-state index in [0.29, 0.717) is 16.8 Å². The minimum absolute atomic E-state index is 0.267. The highest BCUT2D eigenvalue weighted by atomic mass is 19.1. The van der Waals surface area contributed by atoms with Gasteiger partial charge in [-0.1, -0.05) is 5.16 Å². The van der Waals surface area contributed by atoms with Gasteiger partial charge in [0.25, 0.3) is 5.91 Å². The first-order valence-electron chi connectivity index (χ1n) is 5.10. The van der Waals surface area contributed by atoms with E-state index in [1.807, 2.05) is 0 Å². The van der Waals surface area contributed by atoms with E-state index in [1.165, 1.54) is 24.5 Å². The predicted octanol–water partition coefficient (Wildman–Crippen LogP) is 2.05. The summed E-state index contributed by atoms with van der Waals surface area (Å²) in [4.78, 5) is 11.7. The maximum atomic E-state index is 13.0. The summed E-state index contributed by atoms with van der Waals surface area (Å²) >= 11 is 0. The Balaban J connectivity index is 2.02. The van der Waals surface area contributed by atoms with Gasteiger partial charge in [0.05, 0.1) is 6.54 Å². The van der Waals surface area contributed by atoms with Gasteiger partial charge in [-0.25, -0.2) is 4.39 Å². The quantitative estimate of drug-likeness (QED) is 0.884. The largest absolute Gasteiger partial charge is 0.364 e. The lowest BCUT2D eigenvalue weighted by atomic mass is 10.1. The van der Waals surface area contributed by atoms with Crippen molar-refractivity contribution >= 4 is 5.91 Å². The highest BCUT2D eigenvalue weighted by molar-refractivity contribution is 5.94. The Bertz CT molecular complexity index is 523. The van der Waals surface area contributed by atoms with Crippen LogP contribution in [-0.2, 0) is 6.54 Å². The molecule has 0 aliphatic rings. The number of hydrogen-bond donors (Lipinski definition) is 1. The average molecular weight is 234 g/mol. The molecule has 0 fully saturated rings. The maximum Gasteiger partial charge on any atom is 0.251 e. The van der Waals surface area contributed by atoms with Crippen LogP contribution < -0.4 is 5.32 Å². The molecule has 0 spiro atoms. The maximum absolute atomic E-state index is 13.0. The summed E-state index contributed by atoms with van der Waals surface area (Å²) in [6, 6.07) is 5.89. The third-order valence-electron chi connectivity index (χ3n) is 2.34. The average Bonchev–Trinajstić information content (AvgIpc) is 2.82. The van der Waals surface area contributed by atoms with Crippen LogP contribution in [0.25, 0.3) is 0 Å². The number of aryl methyl sites for hydroxylation is 1. The molecule has 1 aromatic heterocycles. The van der Waals surface area contributed by atoms with Crippen molar-refractivity contribution in [2.45, 2.75) is 13.5 Å². The Kier molecular flexibility index (Phi) is 3.18. The third-order valence-corrected chi connectivity index (χ3v) is 2.34. The fraction of sp³-hybridized carbons (Fsp3) is 0.167. The first-order chi connectivity index (χ1) is 8.16. The van der Waals surface area contributed by atoms with Crippen LogP contribution in [-0.4, -0.2) is 11.1 Å². The third kappa shape index (κ3) is 2.69. The molecular formula is C12H11FN2O2. The Morgan fingerprint density at radius 2 is 2.29 bits per heavy atom. The van der Waals surface area contributed by atoms with Crippen LogP contribution in [0.3, 0.4) is 0 Å². The van der Waals surface area contributed by atoms with E-state index in [4.69, 9.17) is 0 Å². The van der Waals surface area contributed by atoms with Gasteiger partial charge in [-0.3, -0.25) is 4.79 Å². The number of carbonyl (C=O) groups excluding carboxylic acids is 1. The molecular weight excluding hydrogens is 223 g/mol. The summed E-state index contributed by atoms with van der Waals surface area (Å²) in [6.45, 7) is 1.90. The number of carbonyl (C=O) groups is 1. The molecule has 88 valence electrons. The number of benzene rings is 1. The number of aromatic nitrogens is 1. The van der Waals surface area contributed by atoms with Gasteiger partial charge in [0, 0.05) is 11.6 Å². The van der Waals surface area contributed by atoms with Crippen LogP contribution in [0, 0.1) is 12.7 Å². The summed E-state index contributed by atoms with van der Waals surface area (Å²) in [6.07, 6.45) is 1.43. The molecule has 0 aliphatic carbocycles. The smallest absolute Gasteiger partial charge is 0.251 e. The lowest BCUT2D eigenvalue weighted by Gasteiger charge is -2.04. The zero-order valence-electron chi connectivity index (χ0n) is 9.24. The van der Waals surface area contributed by atoms with Gasteiger partial charge in [0.2, 0.25) is 0 Å². The summed E-state index contributed by atoms with van der Waals surface area (Å²) in [5.41, 5.74) is 1.50. The second-order valence-corrected chi connectivity index (χ2v) is 3.64. The normalized spacial score (nSPS) is 10.2. The second-order valence-electron chi connectivity index (χ2n) is 3.64. The van der Waals surface area contributed by atoms with Gasteiger partial charge >= 0.3 is 0 Å². The van der Waals surface area contributed by atoms with Crippen LogP contribution in [0.4, 0.5) is 4.39 Å². The van der Waals surface area contributed by atoms with Crippen molar-refractivity contribution < 1.29 is 13.7 Å². The van der Waals surface area contributed by atoms with Crippen LogP contribution >= 0.6 is 0 Å². The Labute approximate surface area is 97.4 Å². The number of hydrogen-bond acceptors (Lipinski definition) is 3. The van der Waals surface area contributed by atoms with Crippen molar-refractivity contribution in [2.75, 3.05) is 0 Å². The SMILES string of the molecule is Cc1cc(C(=O)NCc2ccon2)ccc1F. The van der Waals surface area contributed by atoms with E-state index in [0.717, 1.165) is 0 Å². The van der Waals surface area contributed by atoms with Gasteiger partial charge in [0.1, 0.15) is 17.8 Å². The molecule has 2 rings (SSSR count). The fourth-order valence-electron chi connectivity index (χ4n) is 1.39. The lowest BCUT2D eigenvalue weighted by molar-refractivity contribution is 0.0950. The van der Waals surface area contributed by atoms with Crippen molar-refractivity contribution in [1.82, 2.24) is 10.5 Å². The summed E-state index contributed by atoms with van der Waals surface area (Å²) in [5, 5.41) is 6.33. The van der Waals surface area contributed by atoms with Crippen molar-refractivity contribution in [3.63, 3.8) is 0 Å². The highest BCUT2D eigenvalue weighted by Crippen LogP contribution is 2.09. The van der Waals surface area contributed by atoms with E-state index in [-0.39, 0.29) is 18.3 Å². The van der Waals surface area contributed by atoms with E-state index in [1.54, 1.807) is 13.0 Å². The van der Waals surface area contributed by atoms with Crippen LogP contribution in [0.1, 0.15) is 21.6 Å². The van der Waals surface area contributed by atoms with E-state index < -0.39 is 0 Å². The lowest BCUT2D eigenvalue weighted by Crippen LogP contribution is -2.23. The fourth-order valence-corrected chi connectivity index (χ4v) is 1.39. The zero-order valence-corrected chi connectivity index (χ0v) is 9.24. The molecule has 4 nitrogen and oxygen atoms in total. The molecule has 1 heterocycles. The van der Waals surface area contributed by atoms with Gasteiger partial charge < -0.3 is 9.84 Å². The summed E-state index contributed by atoms with van der Waals surface area (Å²) in [7, 11) is 0. The van der Waals surface area contributed by atoms with Gasteiger partial charge in [-0.2, -0.15) is 0 Å². The number of nitrogens with zero attached hydrogens (tertiary/aromatic N) is 1. The van der Waals surface area contributed by atoms with E-state index in [9.17, 15) is 9.18 Å². The van der Waals surface area contributed by atoms with Crippen molar-refractivity contribution in [1.29, 1.82) is 0 Å². The molecule has 0 saturated carbocycles. The monoisotopic (exact) mass is 234 g/mol. The molecule has 5 heteroatoms. The molecule has 0 radical (unpaired) electrons. The highest BCUT2D eigenvalue weighted by Gasteiger charge is 2.08. The van der Waals surface area contributed by atoms with Crippen LogP contribution in [0.15, 0.2) is 35.1 Å². The minimum Gasteiger partial charge on any atom is -0.364 e.